The van der Waals surface area contributed by atoms with Crippen LogP contribution in [0, 0.1) is 6.92 Å². The summed E-state index contributed by atoms with van der Waals surface area (Å²) in [5, 5.41) is 12.1. The summed E-state index contributed by atoms with van der Waals surface area (Å²) >= 11 is 0. The number of phenols is 1. The van der Waals surface area contributed by atoms with Crippen LogP contribution in [0.4, 0.5) is 5.69 Å². The Labute approximate surface area is 74.2 Å². The Morgan fingerprint density at radius 3 is 2.25 bits per heavy atom. The predicted molar refractivity (Wildman–Crippen MR) is 53.7 cm³/mol. The molecule has 0 fully saturated rings. The molecule has 2 heteroatoms. The highest BCUT2D eigenvalue weighted by molar-refractivity contribution is 5.49. The molecule has 0 unspecified atom stereocenters. The third-order valence-corrected chi connectivity index (χ3v) is 1.49. The second-order valence-corrected chi connectivity index (χ2v) is 2.25. The maximum Gasteiger partial charge on any atom is 0.118 e. The van der Waals surface area contributed by atoms with Crippen molar-refractivity contribution in [1.82, 2.24) is 0 Å². The van der Waals surface area contributed by atoms with Crippen LogP contribution in [-0.4, -0.2) is 12.2 Å². The van der Waals surface area contributed by atoms with Crippen LogP contribution in [0.5, 0.6) is 5.75 Å². The van der Waals surface area contributed by atoms with Gasteiger partial charge in [-0.1, -0.05) is 13.8 Å². The number of rotatable bonds is 1. The molecular formula is C10H17NO. The fourth-order valence-corrected chi connectivity index (χ4v) is 0.811. The van der Waals surface area contributed by atoms with Crippen LogP contribution in [0.1, 0.15) is 19.4 Å². The van der Waals surface area contributed by atoms with E-state index >= 15 is 0 Å². The van der Waals surface area contributed by atoms with E-state index in [0.717, 1.165) is 11.3 Å². The first kappa shape index (κ1) is 10.8. The fraction of sp³-hybridized carbons (Fsp3) is 0.400. The van der Waals surface area contributed by atoms with Gasteiger partial charge in [0.2, 0.25) is 0 Å². The van der Waals surface area contributed by atoms with E-state index < -0.39 is 0 Å². The number of nitrogens with one attached hydrogen (secondary N) is 1. The normalized spacial score (nSPS) is 8.33. The molecule has 2 nitrogen and oxygen atoms in total. The topological polar surface area (TPSA) is 32.3 Å². The van der Waals surface area contributed by atoms with Gasteiger partial charge in [-0.15, -0.1) is 0 Å². The number of phenolic OH excluding ortho intramolecular Hbond substituents is 1. The molecule has 1 aromatic carbocycles. The number of aromatic hydroxyl groups is 1. The molecule has 1 aromatic rings. The molecule has 0 amide bonds. The van der Waals surface area contributed by atoms with Crippen LogP contribution in [0.3, 0.4) is 0 Å². The smallest absolute Gasteiger partial charge is 0.118 e. The molecule has 0 radical (unpaired) electrons. The first-order valence-corrected chi connectivity index (χ1v) is 4.21. The summed E-state index contributed by atoms with van der Waals surface area (Å²) in [5.41, 5.74) is 1.92. The maximum absolute atomic E-state index is 9.11. The van der Waals surface area contributed by atoms with Gasteiger partial charge in [-0.25, -0.2) is 0 Å². The molecule has 0 aliphatic rings. The molecule has 0 spiro atoms. The van der Waals surface area contributed by atoms with Gasteiger partial charge in [0.25, 0.3) is 0 Å². The Morgan fingerprint density at radius 1 is 1.25 bits per heavy atom. The Bertz CT molecular complexity index is 233. The van der Waals surface area contributed by atoms with Gasteiger partial charge in [0.15, 0.2) is 0 Å². The minimum atomic E-state index is 0.346. The van der Waals surface area contributed by atoms with Crippen LogP contribution in [0.2, 0.25) is 0 Å². The summed E-state index contributed by atoms with van der Waals surface area (Å²) in [7, 11) is 1.85. The Hall–Kier alpha value is -1.18. The first-order valence-electron chi connectivity index (χ1n) is 4.21. The van der Waals surface area contributed by atoms with Gasteiger partial charge >= 0.3 is 0 Å². The number of anilines is 1. The molecule has 1 rings (SSSR count). The van der Waals surface area contributed by atoms with Gasteiger partial charge in [-0.2, -0.15) is 0 Å². The van der Waals surface area contributed by atoms with E-state index in [-0.39, 0.29) is 0 Å². The molecule has 0 bridgehead atoms. The van der Waals surface area contributed by atoms with Gasteiger partial charge < -0.3 is 10.4 Å². The molecule has 2 N–H and O–H groups in total. The summed E-state index contributed by atoms with van der Waals surface area (Å²) in [4.78, 5) is 0. The zero-order chi connectivity index (χ0) is 9.56. The molecule has 0 aromatic heterocycles. The van der Waals surface area contributed by atoms with Crippen molar-refractivity contribution < 1.29 is 5.11 Å². The summed E-state index contributed by atoms with van der Waals surface area (Å²) in [6.07, 6.45) is 0. The quantitative estimate of drug-likeness (QED) is 0.630. The number of hydrogen-bond acceptors (Lipinski definition) is 2. The average Bonchev–Trinajstić information content (AvgIpc) is 2.13. The van der Waals surface area contributed by atoms with Gasteiger partial charge in [-0.05, 0) is 30.7 Å². The Kier molecular flexibility index (Phi) is 4.93. The van der Waals surface area contributed by atoms with Crippen LogP contribution in [0.25, 0.3) is 0 Å². The van der Waals surface area contributed by atoms with Crippen molar-refractivity contribution in [2.45, 2.75) is 20.8 Å². The molecule has 0 heterocycles. The lowest BCUT2D eigenvalue weighted by molar-refractivity contribution is 0.471. The van der Waals surface area contributed by atoms with Crippen molar-refractivity contribution in [3.05, 3.63) is 23.8 Å². The van der Waals surface area contributed by atoms with Gasteiger partial charge in [0, 0.05) is 12.7 Å². The minimum Gasteiger partial charge on any atom is -0.508 e. The molecule has 0 saturated carbocycles. The number of benzene rings is 1. The third-order valence-electron chi connectivity index (χ3n) is 1.49. The number of hydrogen-bond donors (Lipinski definition) is 2. The van der Waals surface area contributed by atoms with Crippen molar-refractivity contribution in [2.75, 3.05) is 12.4 Å². The van der Waals surface area contributed by atoms with E-state index in [1.807, 2.05) is 40.0 Å². The summed E-state index contributed by atoms with van der Waals surface area (Å²) < 4.78 is 0. The highest BCUT2D eigenvalue weighted by Crippen LogP contribution is 2.19. The maximum atomic E-state index is 9.11. The second-order valence-electron chi connectivity index (χ2n) is 2.25. The highest BCUT2D eigenvalue weighted by atomic mass is 16.3. The van der Waals surface area contributed by atoms with E-state index in [4.69, 9.17) is 5.11 Å². The van der Waals surface area contributed by atoms with Gasteiger partial charge in [0.1, 0.15) is 5.75 Å². The standard InChI is InChI=1S/C8H11NO.C2H6/c1-6-5-7(9-2)3-4-8(6)10;1-2/h3-5,9-10H,1-2H3;1-2H3. The molecule has 0 saturated heterocycles. The van der Waals surface area contributed by atoms with Gasteiger partial charge in [0.05, 0.1) is 0 Å². The van der Waals surface area contributed by atoms with Crippen molar-refractivity contribution >= 4 is 5.69 Å². The fourth-order valence-electron chi connectivity index (χ4n) is 0.811. The summed E-state index contributed by atoms with van der Waals surface area (Å²) in [5.74, 6) is 0.346. The van der Waals surface area contributed by atoms with E-state index in [9.17, 15) is 0 Å². The van der Waals surface area contributed by atoms with E-state index in [2.05, 4.69) is 5.32 Å². The molecule has 0 aliphatic heterocycles. The Morgan fingerprint density at radius 2 is 1.83 bits per heavy atom. The molecule has 12 heavy (non-hydrogen) atoms. The van der Waals surface area contributed by atoms with E-state index in [1.165, 1.54) is 0 Å². The first-order chi connectivity index (χ1) is 5.74. The van der Waals surface area contributed by atoms with E-state index in [0.29, 0.717) is 5.75 Å². The van der Waals surface area contributed by atoms with Crippen LogP contribution < -0.4 is 5.32 Å². The monoisotopic (exact) mass is 167 g/mol. The molecule has 0 aliphatic carbocycles. The molecular weight excluding hydrogens is 150 g/mol. The molecule has 0 atom stereocenters. The van der Waals surface area contributed by atoms with Gasteiger partial charge in [-0.3, -0.25) is 0 Å². The summed E-state index contributed by atoms with van der Waals surface area (Å²) in [6.45, 7) is 5.87. The van der Waals surface area contributed by atoms with E-state index in [1.54, 1.807) is 6.07 Å². The Balaban J connectivity index is 0.000000561. The van der Waals surface area contributed by atoms with Crippen molar-refractivity contribution in [1.29, 1.82) is 0 Å². The number of aryl methyl sites for hydroxylation is 1. The lowest BCUT2D eigenvalue weighted by atomic mass is 10.2. The lowest BCUT2D eigenvalue weighted by Crippen LogP contribution is -1.87. The second kappa shape index (κ2) is 5.47. The zero-order valence-corrected chi connectivity index (χ0v) is 8.18. The average molecular weight is 167 g/mol. The summed E-state index contributed by atoms with van der Waals surface area (Å²) in [6, 6.07) is 5.42. The largest absolute Gasteiger partial charge is 0.508 e. The lowest BCUT2D eigenvalue weighted by Gasteiger charge is -2.01. The minimum absolute atomic E-state index is 0.346. The van der Waals surface area contributed by atoms with Crippen molar-refractivity contribution in [2.24, 2.45) is 0 Å². The van der Waals surface area contributed by atoms with Crippen LogP contribution >= 0.6 is 0 Å². The van der Waals surface area contributed by atoms with Crippen LogP contribution in [0.15, 0.2) is 18.2 Å². The third kappa shape index (κ3) is 2.82. The van der Waals surface area contributed by atoms with Crippen molar-refractivity contribution in [3.8, 4) is 5.75 Å². The molecule has 68 valence electrons. The highest BCUT2D eigenvalue weighted by Gasteiger charge is 1.94. The predicted octanol–water partition coefficient (Wildman–Crippen LogP) is 2.77. The van der Waals surface area contributed by atoms with Crippen LogP contribution in [-0.2, 0) is 0 Å². The SMILES string of the molecule is CC.CNc1ccc(O)c(C)c1. The zero-order valence-electron chi connectivity index (χ0n) is 8.18. The van der Waals surface area contributed by atoms with Crippen molar-refractivity contribution in [3.63, 3.8) is 0 Å².